The van der Waals surface area contributed by atoms with Crippen LogP contribution in [0.4, 0.5) is 5.69 Å². The first-order valence-electron chi connectivity index (χ1n) is 10.7. The Balaban J connectivity index is 1.46. The molecule has 4 rings (SSSR count). The summed E-state index contributed by atoms with van der Waals surface area (Å²) in [5.41, 5.74) is 2.65. The summed E-state index contributed by atoms with van der Waals surface area (Å²) < 4.78 is 29.1. The van der Waals surface area contributed by atoms with Crippen molar-refractivity contribution in [3.8, 4) is 0 Å². The zero-order chi connectivity index (χ0) is 22.2. The van der Waals surface area contributed by atoms with Gasteiger partial charge in [0.15, 0.2) is 0 Å². The van der Waals surface area contributed by atoms with Crippen molar-refractivity contribution in [1.82, 2.24) is 13.8 Å². The lowest BCUT2D eigenvalue weighted by atomic mass is 10.1. The summed E-state index contributed by atoms with van der Waals surface area (Å²) in [4.78, 5) is 17.4. The second-order valence-corrected chi connectivity index (χ2v) is 10.7. The molecule has 168 valence electrons. The average molecular weight is 465 g/mol. The molecule has 0 unspecified atom stereocenters. The van der Waals surface area contributed by atoms with E-state index < -0.39 is 10.0 Å². The van der Waals surface area contributed by atoms with E-state index in [2.05, 4.69) is 11.8 Å². The molecule has 2 saturated heterocycles. The number of hydrogen-bond donors (Lipinski definition) is 0. The molecule has 1 aromatic heterocycles. The summed E-state index contributed by atoms with van der Waals surface area (Å²) in [6.45, 7) is 5.70. The third kappa shape index (κ3) is 4.47. The van der Waals surface area contributed by atoms with Crippen LogP contribution in [0, 0.1) is 6.92 Å². The van der Waals surface area contributed by atoms with E-state index in [1.54, 1.807) is 22.7 Å². The molecule has 2 aliphatic heterocycles. The Labute approximate surface area is 189 Å². The van der Waals surface area contributed by atoms with E-state index in [1.165, 1.54) is 10.4 Å². The number of rotatable bonds is 4. The van der Waals surface area contributed by atoms with Gasteiger partial charge in [-0.3, -0.25) is 4.79 Å². The highest BCUT2D eigenvalue weighted by Crippen LogP contribution is 2.26. The van der Waals surface area contributed by atoms with Gasteiger partial charge < -0.3 is 14.4 Å². The number of piperazine rings is 1. The van der Waals surface area contributed by atoms with Crippen LogP contribution in [0.5, 0.6) is 0 Å². The summed E-state index contributed by atoms with van der Waals surface area (Å²) in [7, 11) is -1.83. The van der Waals surface area contributed by atoms with Gasteiger partial charge in [0.25, 0.3) is 5.91 Å². The van der Waals surface area contributed by atoms with Crippen LogP contribution in [0.15, 0.2) is 35.4 Å². The van der Waals surface area contributed by atoms with Gasteiger partial charge >= 0.3 is 0 Å². The molecule has 2 fully saturated rings. The van der Waals surface area contributed by atoms with E-state index in [9.17, 15) is 13.2 Å². The maximum atomic E-state index is 13.2. The highest BCUT2D eigenvalue weighted by Gasteiger charge is 2.30. The van der Waals surface area contributed by atoms with E-state index in [0.717, 1.165) is 30.5 Å². The minimum atomic E-state index is -3.56. The van der Waals surface area contributed by atoms with E-state index in [-0.39, 0.29) is 10.8 Å². The maximum Gasteiger partial charge on any atom is 0.270 e. The Hall–Kier alpha value is -2.03. The highest BCUT2D eigenvalue weighted by molar-refractivity contribution is 7.89. The zero-order valence-corrected chi connectivity index (χ0v) is 19.6. The first kappa shape index (κ1) is 22.2. The van der Waals surface area contributed by atoms with Crippen molar-refractivity contribution in [1.29, 1.82) is 0 Å². The number of carbonyl (C=O) groups excluding carboxylic acids is 1. The van der Waals surface area contributed by atoms with Gasteiger partial charge in [-0.25, -0.2) is 8.42 Å². The number of sulfonamides is 1. The largest absolute Gasteiger partial charge is 0.368 e. The monoisotopic (exact) mass is 464 g/mol. The zero-order valence-electron chi connectivity index (χ0n) is 18.1. The quantitative estimate of drug-likeness (QED) is 0.697. The van der Waals surface area contributed by atoms with Gasteiger partial charge in [0.05, 0.1) is 0 Å². The van der Waals surface area contributed by atoms with Crippen molar-refractivity contribution in [3.05, 3.63) is 46.7 Å². The highest BCUT2D eigenvalue weighted by atomic mass is 35.5. The molecule has 0 spiro atoms. The topological polar surface area (TPSA) is 65.9 Å². The second-order valence-electron chi connectivity index (χ2n) is 8.35. The van der Waals surface area contributed by atoms with Crippen LogP contribution in [0.2, 0.25) is 5.02 Å². The van der Waals surface area contributed by atoms with E-state index in [0.29, 0.717) is 50.0 Å². The third-order valence-corrected chi connectivity index (χ3v) is 8.33. The van der Waals surface area contributed by atoms with Gasteiger partial charge in [-0.2, -0.15) is 4.31 Å². The fourth-order valence-electron chi connectivity index (χ4n) is 4.38. The Kier molecular flexibility index (Phi) is 6.32. The van der Waals surface area contributed by atoms with Gasteiger partial charge in [-0.05, 0) is 43.5 Å². The second kappa shape index (κ2) is 8.84. The molecule has 0 atom stereocenters. The first-order chi connectivity index (χ1) is 14.8. The van der Waals surface area contributed by atoms with Gasteiger partial charge in [0.1, 0.15) is 10.6 Å². The van der Waals surface area contributed by atoms with Gasteiger partial charge in [-0.1, -0.05) is 24.1 Å². The molecule has 2 aromatic rings. The number of aryl methyl sites for hydroxylation is 2. The Bertz CT molecular complexity index is 1070. The summed E-state index contributed by atoms with van der Waals surface area (Å²) in [5, 5.41) is 0.699. The Morgan fingerprint density at radius 3 is 2.32 bits per heavy atom. The minimum absolute atomic E-state index is 0.134. The molecule has 0 aliphatic carbocycles. The van der Waals surface area contributed by atoms with Gasteiger partial charge in [0, 0.05) is 63.2 Å². The standard InChI is InChI=1S/C22H29ClN4O3S/c1-17-6-7-18(23)14-20(17)25-10-12-26(13-11-25)22(28)21-15-19(16-24(21)2)31(29,30)27-8-4-3-5-9-27/h6-7,14-16H,3-5,8-13H2,1-2H3. The Morgan fingerprint density at radius 1 is 0.968 bits per heavy atom. The SMILES string of the molecule is Cc1ccc(Cl)cc1N1CCN(C(=O)c2cc(S(=O)(=O)N3CCCCC3)cn2C)CC1. The molecule has 9 heteroatoms. The Morgan fingerprint density at radius 2 is 1.65 bits per heavy atom. The molecule has 2 aliphatic rings. The van der Waals surface area contributed by atoms with Crippen LogP contribution >= 0.6 is 11.6 Å². The van der Waals surface area contributed by atoms with E-state index in [1.807, 2.05) is 18.2 Å². The van der Waals surface area contributed by atoms with E-state index in [4.69, 9.17) is 11.6 Å². The van der Waals surface area contributed by atoms with Crippen molar-refractivity contribution in [2.75, 3.05) is 44.2 Å². The molecular weight excluding hydrogens is 436 g/mol. The number of aromatic nitrogens is 1. The van der Waals surface area contributed by atoms with Crippen molar-refractivity contribution in [2.45, 2.75) is 31.1 Å². The van der Waals surface area contributed by atoms with Crippen LogP contribution in [-0.2, 0) is 17.1 Å². The molecule has 0 N–H and O–H groups in total. The number of anilines is 1. The lowest BCUT2D eigenvalue weighted by Crippen LogP contribution is -2.49. The predicted octanol–water partition coefficient (Wildman–Crippen LogP) is 3.12. The smallest absolute Gasteiger partial charge is 0.270 e. The number of hydrogen-bond acceptors (Lipinski definition) is 4. The number of benzene rings is 1. The molecule has 1 amide bonds. The molecule has 7 nitrogen and oxygen atoms in total. The molecule has 0 saturated carbocycles. The fraction of sp³-hybridized carbons (Fsp3) is 0.500. The summed E-state index contributed by atoms with van der Waals surface area (Å²) in [6, 6.07) is 7.37. The number of nitrogens with zero attached hydrogens (tertiary/aromatic N) is 4. The van der Waals surface area contributed by atoms with Crippen LogP contribution in [0.3, 0.4) is 0 Å². The molecular formula is C22H29ClN4O3S. The number of amides is 1. The first-order valence-corrected chi connectivity index (χ1v) is 12.6. The summed E-state index contributed by atoms with van der Waals surface area (Å²) in [5.74, 6) is -0.134. The lowest BCUT2D eigenvalue weighted by Gasteiger charge is -2.37. The minimum Gasteiger partial charge on any atom is -0.368 e. The molecule has 0 bridgehead atoms. The van der Waals surface area contributed by atoms with Crippen molar-refractivity contribution >= 4 is 33.2 Å². The normalized spacial score (nSPS) is 18.4. The van der Waals surface area contributed by atoms with Crippen molar-refractivity contribution in [3.63, 3.8) is 0 Å². The summed E-state index contributed by atoms with van der Waals surface area (Å²) >= 11 is 6.16. The predicted molar refractivity (Wildman–Crippen MR) is 122 cm³/mol. The van der Waals surface area contributed by atoms with Crippen molar-refractivity contribution in [2.24, 2.45) is 7.05 Å². The third-order valence-electron chi connectivity index (χ3n) is 6.23. The number of carbonyl (C=O) groups is 1. The van der Waals surface area contributed by atoms with Crippen LogP contribution in [-0.4, -0.2) is 67.4 Å². The van der Waals surface area contributed by atoms with Gasteiger partial charge in [-0.15, -0.1) is 0 Å². The maximum absolute atomic E-state index is 13.2. The van der Waals surface area contributed by atoms with Crippen LogP contribution in [0.1, 0.15) is 35.3 Å². The van der Waals surface area contributed by atoms with Crippen molar-refractivity contribution < 1.29 is 13.2 Å². The molecule has 0 radical (unpaired) electrons. The van der Waals surface area contributed by atoms with Crippen LogP contribution < -0.4 is 4.90 Å². The summed E-state index contributed by atoms with van der Waals surface area (Å²) in [6.07, 6.45) is 4.39. The molecule has 31 heavy (non-hydrogen) atoms. The van der Waals surface area contributed by atoms with E-state index >= 15 is 0 Å². The number of piperidine rings is 1. The fourth-order valence-corrected chi connectivity index (χ4v) is 6.13. The molecule has 1 aromatic carbocycles. The average Bonchev–Trinajstić information content (AvgIpc) is 3.18. The number of halogens is 1. The lowest BCUT2D eigenvalue weighted by molar-refractivity contribution is 0.0737. The molecule has 3 heterocycles. The van der Waals surface area contributed by atoms with Gasteiger partial charge in [0.2, 0.25) is 10.0 Å². The van der Waals surface area contributed by atoms with Crippen LogP contribution in [0.25, 0.3) is 0 Å².